The molecular weight excluding hydrogens is 378 g/mol. The third kappa shape index (κ3) is 3.70. The predicted molar refractivity (Wildman–Crippen MR) is 109 cm³/mol. The Morgan fingerprint density at radius 3 is 2.59 bits per heavy atom. The van der Waals surface area contributed by atoms with Crippen LogP contribution < -0.4 is 4.90 Å². The molecule has 0 saturated heterocycles. The van der Waals surface area contributed by atoms with Crippen molar-refractivity contribution in [2.24, 2.45) is 0 Å². The summed E-state index contributed by atoms with van der Waals surface area (Å²) in [6, 6.07) is 10.9. The van der Waals surface area contributed by atoms with E-state index in [-0.39, 0.29) is 5.91 Å². The number of benzene rings is 1. The van der Waals surface area contributed by atoms with Gasteiger partial charge in [-0.2, -0.15) is 0 Å². The molecule has 1 aromatic carbocycles. The highest BCUT2D eigenvalue weighted by Crippen LogP contribution is 2.34. The molecule has 0 aliphatic heterocycles. The number of aromatic nitrogens is 2. The van der Waals surface area contributed by atoms with Crippen molar-refractivity contribution in [2.45, 2.75) is 29.9 Å². The van der Waals surface area contributed by atoms with Gasteiger partial charge in [-0.1, -0.05) is 11.3 Å². The van der Waals surface area contributed by atoms with Crippen molar-refractivity contribution >= 4 is 33.0 Å². The lowest BCUT2D eigenvalue weighted by Crippen LogP contribution is -2.26. The summed E-state index contributed by atoms with van der Waals surface area (Å²) in [6.45, 7) is 1.90. The van der Waals surface area contributed by atoms with Gasteiger partial charge < -0.3 is 4.90 Å². The van der Waals surface area contributed by atoms with Gasteiger partial charge in [0, 0.05) is 40.7 Å². The number of hydrogen-bond acceptors (Lipinski definition) is 5. The fraction of sp³-hybridized carbons (Fsp3) is 0.250. The number of nitrogens with zero attached hydrogens (tertiary/aromatic N) is 3. The van der Waals surface area contributed by atoms with Crippen molar-refractivity contribution < 1.29 is 9.00 Å². The molecule has 4 rings (SSSR count). The lowest BCUT2D eigenvalue weighted by atomic mass is 10.2. The Balaban J connectivity index is 1.55. The van der Waals surface area contributed by atoms with Crippen molar-refractivity contribution in [3.63, 3.8) is 0 Å². The number of anilines is 1. The molecule has 0 spiro atoms. The van der Waals surface area contributed by atoms with E-state index in [9.17, 15) is 9.00 Å². The average Bonchev–Trinajstić information content (AvgIpc) is 3.49. The van der Waals surface area contributed by atoms with Gasteiger partial charge >= 0.3 is 0 Å². The first-order chi connectivity index (χ1) is 13.0. The SMILES string of the molecule is Cc1nc(-c2cccnc2)sc1N(C)C(=O)c1ccc(S(=O)C2CC2)cc1. The summed E-state index contributed by atoms with van der Waals surface area (Å²) in [6.07, 6.45) is 5.54. The molecular formula is C20H19N3O2S2. The van der Waals surface area contributed by atoms with Crippen molar-refractivity contribution in [3.8, 4) is 10.6 Å². The zero-order chi connectivity index (χ0) is 19.0. The smallest absolute Gasteiger partial charge is 0.258 e. The van der Waals surface area contributed by atoms with Gasteiger partial charge in [0.2, 0.25) is 0 Å². The third-order valence-electron chi connectivity index (χ3n) is 4.45. The molecule has 2 aromatic heterocycles. The second kappa shape index (κ2) is 7.32. The van der Waals surface area contributed by atoms with Crippen LogP contribution in [0.5, 0.6) is 0 Å². The van der Waals surface area contributed by atoms with Crippen LogP contribution in [0.2, 0.25) is 0 Å². The standard InChI is InChI=1S/C20H19N3O2S2/c1-13-20(26-18(22-13)15-4-3-11-21-12-15)23(2)19(24)14-5-7-16(8-6-14)27(25)17-9-10-17/h3-8,11-12,17H,9-10H2,1-2H3. The van der Waals surface area contributed by atoms with Gasteiger partial charge in [-0.25, -0.2) is 4.98 Å². The van der Waals surface area contributed by atoms with Gasteiger partial charge in [0.15, 0.2) is 0 Å². The van der Waals surface area contributed by atoms with E-state index in [1.807, 2.05) is 19.1 Å². The minimum atomic E-state index is -0.953. The summed E-state index contributed by atoms with van der Waals surface area (Å²) >= 11 is 1.47. The first-order valence-electron chi connectivity index (χ1n) is 8.71. The lowest BCUT2D eigenvalue weighted by Gasteiger charge is -2.16. The molecule has 1 unspecified atom stereocenters. The number of aryl methyl sites for hydroxylation is 1. The molecule has 2 heterocycles. The first-order valence-corrected chi connectivity index (χ1v) is 10.7. The second-order valence-electron chi connectivity index (χ2n) is 6.54. The molecule has 3 aromatic rings. The Hall–Kier alpha value is -2.38. The maximum absolute atomic E-state index is 12.9. The number of amides is 1. The number of carbonyl (C=O) groups excluding carboxylic acids is 1. The summed E-state index contributed by atoms with van der Waals surface area (Å²) in [5, 5.41) is 1.94. The average molecular weight is 398 g/mol. The third-order valence-corrected chi connectivity index (χ3v) is 7.55. The van der Waals surface area contributed by atoms with Crippen LogP contribution >= 0.6 is 11.3 Å². The highest BCUT2D eigenvalue weighted by Gasteiger charge is 2.29. The minimum Gasteiger partial charge on any atom is -0.301 e. The van der Waals surface area contributed by atoms with E-state index in [1.54, 1.807) is 48.6 Å². The molecule has 0 N–H and O–H groups in total. The van der Waals surface area contributed by atoms with Gasteiger partial charge in [-0.15, -0.1) is 0 Å². The fourth-order valence-electron chi connectivity index (χ4n) is 2.80. The summed E-state index contributed by atoms with van der Waals surface area (Å²) in [7, 11) is 0.804. The normalized spacial score (nSPS) is 14.7. The van der Waals surface area contributed by atoms with E-state index >= 15 is 0 Å². The molecule has 1 fully saturated rings. The number of thiazole rings is 1. The van der Waals surface area contributed by atoms with E-state index in [2.05, 4.69) is 9.97 Å². The first kappa shape index (κ1) is 18.0. The molecule has 1 aliphatic carbocycles. The largest absolute Gasteiger partial charge is 0.301 e. The lowest BCUT2D eigenvalue weighted by molar-refractivity contribution is 0.0993. The van der Waals surface area contributed by atoms with Crippen LogP contribution in [0.1, 0.15) is 28.9 Å². The summed E-state index contributed by atoms with van der Waals surface area (Å²) < 4.78 is 12.2. The minimum absolute atomic E-state index is 0.108. The van der Waals surface area contributed by atoms with Crippen LogP contribution in [0.3, 0.4) is 0 Å². The topological polar surface area (TPSA) is 63.2 Å². The van der Waals surface area contributed by atoms with Crippen LogP contribution in [-0.2, 0) is 10.8 Å². The Bertz CT molecular complexity index is 996. The van der Waals surface area contributed by atoms with Crippen molar-refractivity contribution in [1.82, 2.24) is 9.97 Å². The quantitative estimate of drug-likeness (QED) is 0.651. The maximum Gasteiger partial charge on any atom is 0.258 e. The molecule has 138 valence electrons. The number of pyridine rings is 1. The van der Waals surface area contributed by atoms with Gasteiger partial charge in [-0.3, -0.25) is 14.0 Å². The van der Waals surface area contributed by atoms with Crippen molar-refractivity contribution in [3.05, 3.63) is 60.0 Å². The van der Waals surface area contributed by atoms with Gasteiger partial charge in [0.25, 0.3) is 5.91 Å². The zero-order valence-electron chi connectivity index (χ0n) is 15.1. The van der Waals surface area contributed by atoms with E-state index < -0.39 is 10.8 Å². The van der Waals surface area contributed by atoms with Gasteiger partial charge in [-0.05, 0) is 56.2 Å². The fourth-order valence-corrected chi connectivity index (χ4v) is 5.18. The molecule has 1 atom stereocenters. The predicted octanol–water partition coefficient (Wildman–Crippen LogP) is 4.06. The van der Waals surface area contributed by atoms with Gasteiger partial charge in [0.1, 0.15) is 10.0 Å². The molecule has 5 nitrogen and oxygen atoms in total. The van der Waals surface area contributed by atoms with Crippen LogP contribution in [0.25, 0.3) is 10.6 Å². The van der Waals surface area contributed by atoms with Gasteiger partial charge in [0.05, 0.1) is 16.5 Å². The van der Waals surface area contributed by atoms with Crippen LogP contribution in [0.4, 0.5) is 5.00 Å². The molecule has 1 aliphatic rings. The monoisotopic (exact) mass is 397 g/mol. The van der Waals surface area contributed by atoms with E-state index in [4.69, 9.17) is 0 Å². The van der Waals surface area contributed by atoms with E-state index in [1.165, 1.54) is 11.3 Å². The Kier molecular flexibility index (Phi) is 4.88. The highest BCUT2D eigenvalue weighted by atomic mass is 32.2. The van der Waals surface area contributed by atoms with E-state index in [0.717, 1.165) is 39.0 Å². The Labute approximate surface area is 164 Å². The summed E-state index contributed by atoms with van der Waals surface area (Å²) in [5.74, 6) is -0.108. The van der Waals surface area contributed by atoms with Crippen molar-refractivity contribution in [2.75, 3.05) is 11.9 Å². The molecule has 27 heavy (non-hydrogen) atoms. The number of rotatable bonds is 5. The zero-order valence-corrected chi connectivity index (χ0v) is 16.7. The van der Waals surface area contributed by atoms with Crippen LogP contribution in [-0.4, -0.2) is 32.4 Å². The van der Waals surface area contributed by atoms with E-state index in [0.29, 0.717) is 10.8 Å². The maximum atomic E-state index is 12.9. The van der Waals surface area contributed by atoms with Crippen LogP contribution in [0, 0.1) is 6.92 Å². The second-order valence-corrected chi connectivity index (χ2v) is 9.25. The molecule has 0 radical (unpaired) electrons. The number of hydrogen-bond donors (Lipinski definition) is 0. The van der Waals surface area contributed by atoms with Crippen LogP contribution in [0.15, 0.2) is 53.7 Å². The summed E-state index contributed by atoms with van der Waals surface area (Å²) in [5.41, 5.74) is 2.32. The Morgan fingerprint density at radius 1 is 1.22 bits per heavy atom. The molecule has 1 saturated carbocycles. The molecule has 7 heteroatoms. The number of carbonyl (C=O) groups is 1. The van der Waals surface area contributed by atoms with Crippen molar-refractivity contribution in [1.29, 1.82) is 0 Å². The summed E-state index contributed by atoms with van der Waals surface area (Å²) in [4.78, 5) is 24.0. The molecule has 1 amide bonds. The Morgan fingerprint density at radius 2 is 1.96 bits per heavy atom. The molecule has 0 bridgehead atoms. The highest BCUT2D eigenvalue weighted by molar-refractivity contribution is 7.86.